The molecule has 0 bridgehead atoms. The molecule has 0 aliphatic heterocycles. The molecule has 6 nitrogen and oxygen atoms in total. The third-order valence-corrected chi connectivity index (χ3v) is 3.50. The predicted molar refractivity (Wildman–Crippen MR) is 101 cm³/mol. The van der Waals surface area contributed by atoms with Crippen LogP contribution in [-0.4, -0.2) is 44.8 Å². The minimum absolute atomic E-state index is 0. The molecule has 0 saturated heterocycles. The quantitative estimate of drug-likeness (QED) is 0.317. The molecule has 0 heterocycles. The summed E-state index contributed by atoms with van der Waals surface area (Å²) in [5.41, 5.74) is 0. The van der Waals surface area contributed by atoms with Crippen molar-refractivity contribution in [3.05, 3.63) is 0 Å². The molecule has 22 heavy (non-hydrogen) atoms. The smallest absolute Gasteiger partial charge is 0.407 e. The van der Waals surface area contributed by atoms with Gasteiger partial charge in [-0.1, -0.05) is 13.8 Å². The van der Waals surface area contributed by atoms with Crippen LogP contribution in [0.25, 0.3) is 0 Å². The molecule has 1 saturated carbocycles. The Morgan fingerprint density at radius 3 is 2.50 bits per heavy atom. The van der Waals surface area contributed by atoms with Gasteiger partial charge in [0.2, 0.25) is 0 Å². The first-order valence-corrected chi connectivity index (χ1v) is 7.94. The first-order valence-electron chi connectivity index (χ1n) is 7.94. The molecule has 0 aromatic carbocycles. The molecule has 130 valence electrons. The summed E-state index contributed by atoms with van der Waals surface area (Å²) in [6.07, 6.45) is 3.10. The van der Waals surface area contributed by atoms with Gasteiger partial charge in [0.1, 0.15) is 0 Å². The van der Waals surface area contributed by atoms with Crippen LogP contribution in [0.4, 0.5) is 4.79 Å². The number of alkyl carbamates (subject to hydrolysis) is 1. The number of amides is 1. The Hall–Kier alpha value is -0.730. The van der Waals surface area contributed by atoms with E-state index in [1.807, 2.05) is 6.92 Å². The third-order valence-electron chi connectivity index (χ3n) is 3.50. The van der Waals surface area contributed by atoms with Gasteiger partial charge >= 0.3 is 6.09 Å². The Balaban J connectivity index is 0.00000441. The number of hydrogen-bond donors (Lipinski definition) is 3. The monoisotopic (exact) mass is 426 g/mol. The first kappa shape index (κ1) is 21.3. The van der Waals surface area contributed by atoms with Crippen LogP contribution in [0.1, 0.15) is 40.0 Å². The van der Waals surface area contributed by atoms with Gasteiger partial charge in [0, 0.05) is 20.1 Å². The fourth-order valence-corrected chi connectivity index (χ4v) is 2.06. The van der Waals surface area contributed by atoms with E-state index in [0.29, 0.717) is 25.0 Å². The number of nitrogens with one attached hydrogen (secondary N) is 3. The van der Waals surface area contributed by atoms with Gasteiger partial charge < -0.3 is 20.7 Å². The van der Waals surface area contributed by atoms with Crippen molar-refractivity contribution < 1.29 is 9.53 Å². The number of halogens is 1. The van der Waals surface area contributed by atoms with Gasteiger partial charge in [-0.25, -0.2) is 4.79 Å². The van der Waals surface area contributed by atoms with Gasteiger partial charge in [0.15, 0.2) is 5.96 Å². The largest absolute Gasteiger partial charge is 0.450 e. The van der Waals surface area contributed by atoms with E-state index in [4.69, 9.17) is 4.74 Å². The Bertz CT molecular complexity index is 346. The minimum Gasteiger partial charge on any atom is -0.450 e. The van der Waals surface area contributed by atoms with Crippen molar-refractivity contribution in [2.24, 2.45) is 16.8 Å². The molecule has 1 aliphatic rings. The molecule has 0 aromatic heterocycles. The number of rotatable bonds is 8. The van der Waals surface area contributed by atoms with E-state index in [1.165, 1.54) is 0 Å². The second kappa shape index (κ2) is 11.8. The lowest BCUT2D eigenvalue weighted by Gasteiger charge is -2.20. The fourth-order valence-electron chi connectivity index (χ4n) is 2.06. The zero-order valence-corrected chi connectivity index (χ0v) is 16.5. The SMILES string of the molecule is CCOC(=O)NC(CNC(=NC)NCCC(C)C)C1CC1.I. The summed E-state index contributed by atoms with van der Waals surface area (Å²) in [7, 11) is 1.76. The standard InChI is InChI=1S/C15H30N4O2.HI/c1-5-21-15(20)19-13(12-6-7-12)10-18-14(16-4)17-9-8-11(2)3;/h11-13H,5-10H2,1-4H3,(H,19,20)(H2,16,17,18);1H. The van der Waals surface area contributed by atoms with Crippen LogP contribution in [0.5, 0.6) is 0 Å². The van der Waals surface area contributed by atoms with Crippen LogP contribution in [0.3, 0.4) is 0 Å². The molecule has 0 aromatic rings. The third kappa shape index (κ3) is 9.32. The average Bonchev–Trinajstić information content (AvgIpc) is 3.25. The summed E-state index contributed by atoms with van der Waals surface area (Å²) in [5.74, 6) is 2.00. The molecule has 1 rings (SSSR count). The van der Waals surface area contributed by atoms with Gasteiger partial charge in [-0.05, 0) is 38.0 Å². The number of carbonyl (C=O) groups is 1. The molecule has 1 aliphatic carbocycles. The molecular formula is C15H31IN4O2. The summed E-state index contributed by atoms with van der Waals surface area (Å²) < 4.78 is 4.95. The van der Waals surface area contributed by atoms with Crippen molar-refractivity contribution >= 4 is 36.0 Å². The van der Waals surface area contributed by atoms with E-state index >= 15 is 0 Å². The molecule has 1 unspecified atom stereocenters. The Kier molecular flexibility index (Phi) is 11.4. The maximum atomic E-state index is 11.5. The molecule has 3 N–H and O–H groups in total. The number of carbonyl (C=O) groups excluding carboxylic acids is 1. The molecular weight excluding hydrogens is 395 g/mol. The summed E-state index contributed by atoms with van der Waals surface area (Å²) in [5, 5.41) is 9.50. The highest BCUT2D eigenvalue weighted by Gasteiger charge is 2.32. The lowest BCUT2D eigenvalue weighted by molar-refractivity contribution is 0.146. The summed E-state index contributed by atoms with van der Waals surface area (Å²) in [6.45, 7) is 8.18. The van der Waals surface area contributed by atoms with Gasteiger partial charge in [-0.15, -0.1) is 24.0 Å². The van der Waals surface area contributed by atoms with E-state index in [0.717, 1.165) is 31.8 Å². The van der Waals surface area contributed by atoms with Gasteiger partial charge in [-0.2, -0.15) is 0 Å². The second-order valence-corrected chi connectivity index (χ2v) is 5.87. The van der Waals surface area contributed by atoms with E-state index in [2.05, 4.69) is 34.8 Å². The molecule has 0 spiro atoms. The highest BCUT2D eigenvalue weighted by atomic mass is 127. The lowest BCUT2D eigenvalue weighted by atomic mass is 10.1. The van der Waals surface area contributed by atoms with Crippen molar-refractivity contribution in [3.8, 4) is 0 Å². The zero-order chi connectivity index (χ0) is 15.7. The Labute approximate surface area is 151 Å². The molecule has 1 atom stereocenters. The number of aliphatic imine (C=N–C) groups is 1. The van der Waals surface area contributed by atoms with Crippen molar-refractivity contribution in [1.82, 2.24) is 16.0 Å². The predicted octanol–water partition coefficient (Wildman–Crippen LogP) is 2.34. The van der Waals surface area contributed by atoms with E-state index in [-0.39, 0.29) is 36.1 Å². The van der Waals surface area contributed by atoms with Crippen LogP contribution in [-0.2, 0) is 4.74 Å². The van der Waals surface area contributed by atoms with Crippen LogP contribution in [0.2, 0.25) is 0 Å². The first-order chi connectivity index (χ1) is 10.1. The molecule has 1 fully saturated rings. The van der Waals surface area contributed by atoms with Crippen LogP contribution in [0.15, 0.2) is 4.99 Å². The minimum atomic E-state index is -0.334. The van der Waals surface area contributed by atoms with Crippen molar-refractivity contribution in [2.75, 3.05) is 26.7 Å². The maximum Gasteiger partial charge on any atom is 0.407 e. The summed E-state index contributed by atoms with van der Waals surface area (Å²) in [6, 6.07) is 0.104. The number of hydrogen-bond acceptors (Lipinski definition) is 3. The second-order valence-electron chi connectivity index (χ2n) is 5.87. The maximum absolute atomic E-state index is 11.5. The Morgan fingerprint density at radius 2 is 2.00 bits per heavy atom. The number of guanidine groups is 1. The molecule has 7 heteroatoms. The van der Waals surface area contributed by atoms with E-state index in [1.54, 1.807) is 7.05 Å². The van der Waals surface area contributed by atoms with Crippen molar-refractivity contribution in [2.45, 2.75) is 46.1 Å². The van der Waals surface area contributed by atoms with E-state index in [9.17, 15) is 4.79 Å². The van der Waals surface area contributed by atoms with Crippen molar-refractivity contribution in [1.29, 1.82) is 0 Å². The normalized spacial score (nSPS) is 15.8. The summed E-state index contributed by atoms with van der Waals surface area (Å²) >= 11 is 0. The fraction of sp³-hybridized carbons (Fsp3) is 0.867. The Morgan fingerprint density at radius 1 is 1.32 bits per heavy atom. The highest BCUT2D eigenvalue weighted by molar-refractivity contribution is 14.0. The molecule has 0 radical (unpaired) electrons. The van der Waals surface area contributed by atoms with Crippen LogP contribution < -0.4 is 16.0 Å². The lowest BCUT2D eigenvalue weighted by Crippen LogP contribution is -2.48. The van der Waals surface area contributed by atoms with Crippen LogP contribution >= 0.6 is 24.0 Å². The highest BCUT2D eigenvalue weighted by Crippen LogP contribution is 2.32. The van der Waals surface area contributed by atoms with Gasteiger partial charge in [-0.3, -0.25) is 4.99 Å². The summed E-state index contributed by atoms with van der Waals surface area (Å²) in [4.78, 5) is 15.7. The molecule has 1 amide bonds. The van der Waals surface area contributed by atoms with Gasteiger partial charge in [0.05, 0.1) is 12.6 Å². The average molecular weight is 426 g/mol. The zero-order valence-electron chi connectivity index (χ0n) is 14.1. The van der Waals surface area contributed by atoms with Crippen molar-refractivity contribution in [3.63, 3.8) is 0 Å². The topological polar surface area (TPSA) is 74.8 Å². The van der Waals surface area contributed by atoms with E-state index < -0.39 is 0 Å². The van der Waals surface area contributed by atoms with Gasteiger partial charge in [0.25, 0.3) is 0 Å². The number of nitrogens with zero attached hydrogens (tertiary/aromatic N) is 1. The van der Waals surface area contributed by atoms with Crippen LogP contribution in [0, 0.1) is 11.8 Å². The number of ether oxygens (including phenoxy) is 1.